The highest BCUT2D eigenvalue weighted by molar-refractivity contribution is 8.15. The molecule has 0 aliphatic carbocycles. The molecule has 3 aromatic rings. The third-order valence-corrected chi connectivity index (χ3v) is 7.62. The maximum Gasteiger partial charge on any atom is 0.242 e. The molecule has 0 radical (unpaired) electrons. The predicted molar refractivity (Wildman–Crippen MR) is 142 cm³/mol. The highest BCUT2D eigenvalue weighted by Gasteiger charge is 2.40. The van der Waals surface area contributed by atoms with Crippen LogP contribution in [0.15, 0.2) is 65.7 Å². The zero-order chi connectivity index (χ0) is 24.4. The third kappa shape index (κ3) is 5.26. The van der Waals surface area contributed by atoms with E-state index in [0.29, 0.717) is 11.7 Å². The Hall–Kier alpha value is -3.16. The maximum atomic E-state index is 13.4. The zero-order valence-corrected chi connectivity index (χ0v) is 20.8. The number of thioether (sulfide) groups is 1. The van der Waals surface area contributed by atoms with E-state index in [1.807, 2.05) is 68.4 Å². The van der Waals surface area contributed by atoms with Crippen molar-refractivity contribution in [3.8, 4) is 0 Å². The van der Waals surface area contributed by atoms with Crippen molar-refractivity contribution in [2.24, 2.45) is 4.99 Å². The second-order valence-electron chi connectivity index (χ2n) is 9.15. The van der Waals surface area contributed by atoms with Crippen LogP contribution in [-0.2, 0) is 14.3 Å². The summed E-state index contributed by atoms with van der Waals surface area (Å²) in [4.78, 5) is 33.0. The summed E-state index contributed by atoms with van der Waals surface area (Å²) < 4.78 is 5.80. The number of rotatable bonds is 6. The molecule has 0 saturated carbocycles. The third-order valence-electron chi connectivity index (χ3n) is 6.45. The van der Waals surface area contributed by atoms with Crippen molar-refractivity contribution < 1.29 is 14.3 Å². The van der Waals surface area contributed by atoms with E-state index in [1.54, 1.807) is 4.90 Å². The molecule has 2 aliphatic heterocycles. The fourth-order valence-corrected chi connectivity index (χ4v) is 5.69. The number of amides is 2. The monoisotopic (exact) mass is 487 g/mol. The van der Waals surface area contributed by atoms with Crippen LogP contribution in [0.3, 0.4) is 0 Å². The van der Waals surface area contributed by atoms with Crippen molar-refractivity contribution >= 4 is 50.9 Å². The van der Waals surface area contributed by atoms with Gasteiger partial charge in [0.15, 0.2) is 5.17 Å². The minimum absolute atomic E-state index is 0.00613. The lowest BCUT2D eigenvalue weighted by molar-refractivity contribution is -0.129. The summed E-state index contributed by atoms with van der Waals surface area (Å²) in [5.41, 5.74) is 3.76. The van der Waals surface area contributed by atoms with Crippen LogP contribution in [0.25, 0.3) is 10.8 Å². The lowest BCUT2D eigenvalue weighted by atomic mass is 10.1. The van der Waals surface area contributed by atoms with E-state index in [4.69, 9.17) is 9.73 Å². The largest absolute Gasteiger partial charge is 0.376 e. The van der Waals surface area contributed by atoms with Crippen molar-refractivity contribution in [3.05, 3.63) is 71.8 Å². The van der Waals surface area contributed by atoms with Gasteiger partial charge in [0.25, 0.3) is 0 Å². The van der Waals surface area contributed by atoms with E-state index >= 15 is 0 Å². The summed E-state index contributed by atoms with van der Waals surface area (Å²) >= 11 is 1.37. The normalized spacial score (nSPS) is 21.3. The Morgan fingerprint density at radius 2 is 1.97 bits per heavy atom. The average molecular weight is 488 g/mol. The van der Waals surface area contributed by atoms with Gasteiger partial charge in [-0.1, -0.05) is 60.3 Å². The lowest BCUT2D eigenvalue weighted by Gasteiger charge is -2.20. The molecule has 2 saturated heterocycles. The minimum Gasteiger partial charge on any atom is -0.376 e. The van der Waals surface area contributed by atoms with Crippen LogP contribution in [0.5, 0.6) is 0 Å². The lowest BCUT2D eigenvalue weighted by Crippen LogP contribution is -2.38. The van der Waals surface area contributed by atoms with E-state index in [2.05, 4.69) is 11.4 Å². The highest BCUT2D eigenvalue weighted by atomic mass is 32.2. The maximum absolute atomic E-state index is 13.4. The van der Waals surface area contributed by atoms with Crippen LogP contribution >= 0.6 is 11.8 Å². The molecule has 2 atom stereocenters. The van der Waals surface area contributed by atoms with Gasteiger partial charge in [0.2, 0.25) is 11.8 Å². The van der Waals surface area contributed by atoms with Crippen LogP contribution in [-0.4, -0.2) is 46.4 Å². The molecule has 0 spiro atoms. The van der Waals surface area contributed by atoms with E-state index in [1.165, 1.54) is 11.8 Å². The van der Waals surface area contributed by atoms with Gasteiger partial charge in [0.1, 0.15) is 5.25 Å². The molecule has 3 aromatic carbocycles. The standard InChI is InChI=1S/C28H29N3O3S/c1-18-12-13-19(2)24(15-18)30-28-31(17-21-9-6-14-34-21)27(33)25(35-28)16-26(32)29-23-11-5-8-20-7-3-4-10-22(20)23/h3-5,7-8,10-13,15,21,25H,6,9,14,16-17H2,1-2H3,(H,29,32). The summed E-state index contributed by atoms with van der Waals surface area (Å²) in [6, 6.07) is 19.9. The summed E-state index contributed by atoms with van der Waals surface area (Å²) in [5.74, 6) is -0.264. The van der Waals surface area contributed by atoms with Crippen molar-refractivity contribution in [2.75, 3.05) is 18.5 Å². The number of carbonyl (C=O) groups is 2. The smallest absolute Gasteiger partial charge is 0.242 e. The number of ether oxygens (including phenoxy) is 1. The Bertz CT molecular complexity index is 1290. The van der Waals surface area contributed by atoms with E-state index < -0.39 is 5.25 Å². The van der Waals surface area contributed by atoms with Crippen molar-refractivity contribution in [1.29, 1.82) is 0 Å². The summed E-state index contributed by atoms with van der Waals surface area (Å²) in [6.07, 6.45) is 2.02. The van der Waals surface area contributed by atoms with E-state index in [-0.39, 0.29) is 24.3 Å². The number of hydrogen-bond acceptors (Lipinski definition) is 5. The predicted octanol–water partition coefficient (Wildman–Crippen LogP) is 5.60. The molecule has 2 fully saturated rings. The molecule has 0 bridgehead atoms. The van der Waals surface area contributed by atoms with Gasteiger partial charge >= 0.3 is 0 Å². The number of hydrogen-bond donors (Lipinski definition) is 1. The highest BCUT2D eigenvalue weighted by Crippen LogP contribution is 2.34. The van der Waals surface area contributed by atoms with Crippen LogP contribution in [0, 0.1) is 13.8 Å². The Morgan fingerprint density at radius 3 is 2.80 bits per heavy atom. The SMILES string of the molecule is Cc1ccc(C)c(N=C2SC(CC(=O)Nc3cccc4ccccc34)C(=O)N2CC2CCCO2)c1. The van der Waals surface area contributed by atoms with Gasteiger partial charge in [0.05, 0.1) is 18.3 Å². The second kappa shape index (κ2) is 10.2. The Morgan fingerprint density at radius 1 is 1.14 bits per heavy atom. The Kier molecular flexibility index (Phi) is 6.88. The number of nitrogens with one attached hydrogen (secondary N) is 1. The molecule has 2 aliphatic rings. The number of carbonyl (C=O) groups excluding carboxylic acids is 2. The molecule has 6 nitrogen and oxygen atoms in total. The Labute approximate surface area is 209 Å². The molecular weight excluding hydrogens is 458 g/mol. The first-order chi connectivity index (χ1) is 17.0. The second-order valence-corrected chi connectivity index (χ2v) is 10.3. The van der Waals surface area contributed by atoms with E-state index in [9.17, 15) is 9.59 Å². The summed E-state index contributed by atoms with van der Waals surface area (Å²) in [6.45, 7) is 5.23. The summed E-state index contributed by atoms with van der Waals surface area (Å²) in [7, 11) is 0. The first-order valence-corrected chi connectivity index (χ1v) is 12.9. The van der Waals surface area contributed by atoms with Crippen LogP contribution in [0.2, 0.25) is 0 Å². The first-order valence-electron chi connectivity index (χ1n) is 12.0. The molecule has 180 valence electrons. The zero-order valence-electron chi connectivity index (χ0n) is 20.0. The number of anilines is 1. The fourth-order valence-electron chi connectivity index (χ4n) is 4.53. The van der Waals surface area contributed by atoms with Crippen LogP contribution < -0.4 is 5.32 Å². The van der Waals surface area contributed by atoms with Crippen LogP contribution in [0.1, 0.15) is 30.4 Å². The van der Waals surface area contributed by atoms with Crippen molar-refractivity contribution in [1.82, 2.24) is 4.90 Å². The molecule has 2 unspecified atom stereocenters. The number of nitrogens with zero attached hydrogens (tertiary/aromatic N) is 2. The molecule has 1 N–H and O–H groups in total. The van der Waals surface area contributed by atoms with Crippen molar-refractivity contribution in [2.45, 2.75) is 44.5 Å². The van der Waals surface area contributed by atoms with Gasteiger partial charge < -0.3 is 10.1 Å². The fraction of sp³-hybridized carbons (Fsp3) is 0.321. The van der Waals surface area contributed by atoms with Gasteiger partial charge in [0, 0.05) is 24.1 Å². The molecule has 5 rings (SSSR count). The molecule has 7 heteroatoms. The van der Waals surface area contributed by atoms with Crippen molar-refractivity contribution in [3.63, 3.8) is 0 Å². The van der Waals surface area contributed by atoms with E-state index in [0.717, 1.165) is 52.7 Å². The quantitative estimate of drug-likeness (QED) is 0.492. The van der Waals surface area contributed by atoms with Crippen LogP contribution in [0.4, 0.5) is 11.4 Å². The van der Waals surface area contributed by atoms with Gasteiger partial charge in [-0.25, -0.2) is 4.99 Å². The molecule has 0 aromatic heterocycles. The average Bonchev–Trinajstić information content (AvgIpc) is 3.46. The molecular formula is C28H29N3O3S. The van der Waals surface area contributed by atoms with Gasteiger partial charge in [-0.3, -0.25) is 14.5 Å². The minimum atomic E-state index is -0.518. The number of amidine groups is 1. The first kappa shape index (κ1) is 23.6. The van der Waals surface area contributed by atoms with Gasteiger partial charge in [-0.15, -0.1) is 0 Å². The van der Waals surface area contributed by atoms with Gasteiger partial charge in [-0.05, 0) is 55.3 Å². The molecule has 2 amide bonds. The molecule has 2 heterocycles. The number of aliphatic imine (C=N–C) groups is 1. The number of fused-ring (bicyclic) bond motifs is 1. The summed E-state index contributed by atoms with van der Waals surface area (Å²) in [5, 5.41) is 5.17. The molecule has 35 heavy (non-hydrogen) atoms. The Balaban J connectivity index is 1.36. The number of aryl methyl sites for hydroxylation is 2. The topological polar surface area (TPSA) is 71.0 Å². The number of benzene rings is 3. The van der Waals surface area contributed by atoms with Gasteiger partial charge in [-0.2, -0.15) is 0 Å².